The zero-order valence-corrected chi connectivity index (χ0v) is 15.0. The molecule has 7 nitrogen and oxygen atoms in total. The number of hydrogen-bond acceptors (Lipinski definition) is 5. The number of rotatable bonds is 7. The Morgan fingerprint density at radius 3 is 2.44 bits per heavy atom. The summed E-state index contributed by atoms with van der Waals surface area (Å²) in [5, 5.41) is 8.58. The van der Waals surface area contributed by atoms with Gasteiger partial charge in [0.05, 0.1) is 12.8 Å². The summed E-state index contributed by atoms with van der Waals surface area (Å²) < 4.78 is 7.21. The summed E-state index contributed by atoms with van der Waals surface area (Å²) in [7, 11) is 0. The fourth-order valence-electron chi connectivity index (χ4n) is 2.54. The van der Waals surface area contributed by atoms with Crippen molar-refractivity contribution in [3.8, 4) is 0 Å². The molecular weight excluding hydrogens is 344 g/mol. The largest absolute Gasteiger partial charge is 0.465 e. The average Bonchev–Trinajstić information content (AvgIpc) is 2.96. The highest BCUT2D eigenvalue weighted by atomic mass is 16.5. The Bertz CT molecular complexity index is 975. The monoisotopic (exact) mass is 364 g/mol. The summed E-state index contributed by atoms with van der Waals surface area (Å²) in [5.74, 6) is -0.0646. The summed E-state index contributed by atoms with van der Waals surface area (Å²) in [6.07, 6.45) is 2.00. The molecule has 2 aromatic carbocycles. The summed E-state index contributed by atoms with van der Waals surface area (Å²) in [4.78, 5) is 24.4. The minimum atomic E-state index is -0.512. The van der Waals surface area contributed by atoms with Gasteiger partial charge < -0.3 is 4.74 Å². The van der Waals surface area contributed by atoms with E-state index in [0.717, 1.165) is 15.8 Å². The van der Waals surface area contributed by atoms with Crippen LogP contribution in [0.15, 0.2) is 70.6 Å². The van der Waals surface area contributed by atoms with Crippen molar-refractivity contribution in [2.75, 3.05) is 6.61 Å². The van der Waals surface area contributed by atoms with Crippen molar-refractivity contribution >= 4 is 12.2 Å². The topological polar surface area (TPSA) is 78.5 Å². The molecule has 3 aromatic rings. The molecular formula is C20H20N4O3. The van der Waals surface area contributed by atoms with E-state index in [-0.39, 0.29) is 13.2 Å². The third kappa shape index (κ3) is 4.78. The maximum Gasteiger partial charge on any atom is 0.367 e. The van der Waals surface area contributed by atoms with Gasteiger partial charge in [-0.1, -0.05) is 60.7 Å². The highest BCUT2D eigenvalue weighted by Gasteiger charge is 2.16. The average molecular weight is 364 g/mol. The molecule has 0 saturated heterocycles. The van der Waals surface area contributed by atoms with Gasteiger partial charge in [-0.25, -0.2) is 9.48 Å². The molecule has 0 aliphatic rings. The predicted octanol–water partition coefficient (Wildman–Crippen LogP) is 2.08. The molecule has 1 aromatic heterocycles. The smallest absolute Gasteiger partial charge is 0.367 e. The molecule has 27 heavy (non-hydrogen) atoms. The van der Waals surface area contributed by atoms with Gasteiger partial charge in [0.2, 0.25) is 0 Å². The zero-order valence-electron chi connectivity index (χ0n) is 15.0. The van der Waals surface area contributed by atoms with E-state index in [9.17, 15) is 9.59 Å². The highest BCUT2D eigenvalue weighted by Crippen LogP contribution is 2.06. The van der Waals surface area contributed by atoms with Crippen molar-refractivity contribution in [3.63, 3.8) is 0 Å². The first-order valence-electron chi connectivity index (χ1n) is 8.65. The van der Waals surface area contributed by atoms with Crippen molar-refractivity contribution < 1.29 is 9.53 Å². The van der Waals surface area contributed by atoms with Crippen LogP contribution in [0.5, 0.6) is 0 Å². The zero-order chi connectivity index (χ0) is 19.1. The number of carbonyl (C=O) groups excluding carboxylic acids is 1. The third-order valence-corrected chi connectivity index (χ3v) is 3.79. The van der Waals surface area contributed by atoms with Crippen molar-refractivity contribution in [1.29, 1.82) is 0 Å². The Kier molecular flexibility index (Phi) is 5.94. The van der Waals surface area contributed by atoms with Gasteiger partial charge in [-0.2, -0.15) is 14.9 Å². The lowest BCUT2D eigenvalue weighted by molar-refractivity contribution is -0.144. The van der Waals surface area contributed by atoms with Crippen LogP contribution < -0.4 is 5.69 Å². The van der Waals surface area contributed by atoms with Crippen LogP contribution >= 0.6 is 0 Å². The maximum absolute atomic E-state index is 12.7. The van der Waals surface area contributed by atoms with E-state index in [1.54, 1.807) is 13.1 Å². The lowest BCUT2D eigenvalue weighted by atomic mass is 10.1. The number of aromatic nitrogens is 3. The minimum Gasteiger partial charge on any atom is -0.465 e. The molecule has 0 spiro atoms. The van der Waals surface area contributed by atoms with E-state index >= 15 is 0 Å². The van der Waals surface area contributed by atoms with Gasteiger partial charge in [-0.3, -0.25) is 4.79 Å². The SMILES string of the molecule is CCOC(=O)Cn1nc(Cc2ccccc2)n(/N=C\c2ccccc2)c1=O. The van der Waals surface area contributed by atoms with Crippen LogP contribution in [0.2, 0.25) is 0 Å². The minimum absolute atomic E-state index is 0.247. The van der Waals surface area contributed by atoms with E-state index in [0.29, 0.717) is 12.2 Å². The van der Waals surface area contributed by atoms with E-state index in [1.807, 2.05) is 60.7 Å². The van der Waals surface area contributed by atoms with Gasteiger partial charge in [0, 0.05) is 6.42 Å². The van der Waals surface area contributed by atoms with Crippen LogP contribution in [0.25, 0.3) is 0 Å². The maximum atomic E-state index is 12.7. The van der Waals surface area contributed by atoms with Crippen LogP contribution in [-0.4, -0.2) is 33.2 Å². The van der Waals surface area contributed by atoms with Gasteiger partial charge in [0.25, 0.3) is 0 Å². The van der Waals surface area contributed by atoms with Crippen LogP contribution in [0.4, 0.5) is 0 Å². The number of hydrogen-bond donors (Lipinski definition) is 0. The summed E-state index contributed by atoms with van der Waals surface area (Å²) in [5.41, 5.74) is 1.36. The quantitative estimate of drug-likeness (QED) is 0.475. The normalized spacial score (nSPS) is 11.0. The first-order chi connectivity index (χ1) is 13.2. The molecule has 1 heterocycles. The fraction of sp³-hybridized carbons (Fsp3) is 0.200. The lowest BCUT2D eigenvalue weighted by Crippen LogP contribution is -2.27. The molecule has 138 valence electrons. The van der Waals surface area contributed by atoms with Gasteiger partial charge >= 0.3 is 11.7 Å². The molecule has 7 heteroatoms. The molecule has 0 amide bonds. The second kappa shape index (κ2) is 8.75. The van der Waals surface area contributed by atoms with Crippen molar-refractivity contribution in [3.05, 3.63) is 88.1 Å². The summed E-state index contributed by atoms with van der Waals surface area (Å²) in [6.45, 7) is 1.71. The summed E-state index contributed by atoms with van der Waals surface area (Å²) >= 11 is 0. The van der Waals surface area contributed by atoms with Crippen molar-refractivity contribution in [2.24, 2.45) is 5.10 Å². The van der Waals surface area contributed by atoms with Crippen LogP contribution in [0, 0.1) is 0 Å². The second-order valence-corrected chi connectivity index (χ2v) is 5.79. The molecule has 0 unspecified atom stereocenters. The van der Waals surface area contributed by atoms with E-state index < -0.39 is 11.7 Å². The van der Waals surface area contributed by atoms with Gasteiger partial charge in [0.1, 0.15) is 6.54 Å². The molecule has 0 aliphatic carbocycles. The van der Waals surface area contributed by atoms with Crippen LogP contribution in [0.1, 0.15) is 23.9 Å². The van der Waals surface area contributed by atoms with Gasteiger partial charge in [-0.15, -0.1) is 0 Å². The highest BCUT2D eigenvalue weighted by molar-refractivity contribution is 5.79. The Morgan fingerprint density at radius 1 is 1.11 bits per heavy atom. The standard InChI is InChI=1S/C20H20N4O3/c1-2-27-19(25)15-23-20(26)24(21-14-17-11-7-4-8-12-17)18(22-23)13-16-9-5-3-6-10-16/h3-12,14H,2,13,15H2,1H3/b21-14-. The molecule has 3 rings (SSSR count). The summed E-state index contributed by atoms with van der Waals surface area (Å²) in [6, 6.07) is 19.1. The Hall–Kier alpha value is -3.48. The van der Waals surface area contributed by atoms with Crippen molar-refractivity contribution in [1.82, 2.24) is 14.5 Å². The molecule has 0 aliphatic heterocycles. The number of ether oxygens (including phenoxy) is 1. The predicted molar refractivity (Wildman–Crippen MR) is 102 cm³/mol. The molecule has 0 atom stereocenters. The molecule has 0 saturated carbocycles. The third-order valence-electron chi connectivity index (χ3n) is 3.79. The second-order valence-electron chi connectivity index (χ2n) is 5.79. The van der Waals surface area contributed by atoms with Gasteiger partial charge in [-0.05, 0) is 18.1 Å². The number of carbonyl (C=O) groups is 1. The molecule has 0 N–H and O–H groups in total. The van der Waals surface area contributed by atoms with Crippen LogP contribution in [0.3, 0.4) is 0 Å². The van der Waals surface area contributed by atoms with E-state index in [2.05, 4.69) is 10.2 Å². The first kappa shape index (κ1) is 18.3. The Labute approximate surface area is 156 Å². The first-order valence-corrected chi connectivity index (χ1v) is 8.65. The number of nitrogens with zero attached hydrogens (tertiary/aromatic N) is 4. The van der Waals surface area contributed by atoms with Crippen molar-refractivity contribution in [2.45, 2.75) is 19.9 Å². The van der Waals surface area contributed by atoms with E-state index in [1.165, 1.54) is 4.68 Å². The number of esters is 1. The molecule has 0 fully saturated rings. The van der Waals surface area contributed by atoms with Crippen LogP contribution in [-0.2, 0) is 22.5 Å². The Balaban J connectivity index is 1.95. The Morgan fingerprint density at radius 2 is 1.78 bits per heavy atom. The fourth-order valence-corrected chi connectivity index (χ4v) is 2.54. The van der Waals surface area contributed by atoms with E-state index in [4.69, 9.17) is 4.74 Å². The lowest BCUT2D eigenvalue weighted by Gasteiger charge is -2.00. The number of benzene rings is 2. The molecule has 0 radical (unpaired) electrons. The molecule has 0 bridgehead atoms. The van der Waals surface area contributed by atoms with Gasteiger partial charge in [0.15, 0.2) is 5.82 Å².